The largest absolute Gasteiger partial charge is 0.575 e. The van der Waals surface area contributed by atoms with Crippen LogP contribution in [0.25, 0.3) is 21.2 Å². The van der Waals surface area contributed by atoms with Crippen molar-refractivity contribution in [2.45, 2.75) is 43.2 Å². The van der Waals surface area contributed by atoms with E-state index in [1.165, 1.54) is 6.07 Å². The van der Waals surface area contributed by atoms with E-state index in [0.717, 1.165) is 28.0 Å². The number of esters is 1. The number of aromatic amines is 1. The van der Waals surface area contributed by atoms with Crippen LogP contribution in [0, 0.1) is 0 Å². The predicted molar refractivity (Wildman–Crippen MR) is 185 cm³/mol. The number of aromatic nitrogens is 2. The maximum absolute atomic E-state index is 13.6. The molecule has 0 bridgehead atoms. The zero-order valence-electron chi connectivity index (χ0n) is 27.2. The molecule has 6 atom stereocenters. The van der Waals surface area contributed by atoms with E-state index in [0.29, 0.717) is 10.8 Å². The van der Waals surface area contributed by atoms with Crippen LogP contribution in [0.15, 0.2) is 129 Å². The van der Waals surface area contributed by atoms with Crippen LogP contribution in [-0.2, 0) is 27.3 Å². The number of hydrogen-bond acceptors (Lipinski definition) is 12. The van der Waals surface area contributed by atoms with E-state index in [1.54, 1.807) is 66.7 Å². The molecule has 0 amide bonds. The molecule has 1 saturated heterocycles. The highest BCUT2D eigenvalue weighted by molar-refractivity contribution is 7.34. The van der Waals surface area contributed by atoms with Gasteiger partial charge in [0.2, 0.25) is 11.5 Å². The van der Waals surface area contributed by atoms with Crippen molar-refractivity contribution in [3.8, 4) is 11.5 Å². The Morgan fingerprint density at radius 3 is 2.40 bits per heavy atom. The van der Waals surface area contributed by atoms with Crippen molar-refractivity contribution in [1.82, 2.24) is 9.55 Å². The lowest BCUT2D eigenvalue weighted by atomic mass is 10.1. The number of azide groups is 1. The molecule has 16 nitrogen and oxygen atoms in total. The standard InChI is InChI=1S/C35H31N6O10P/c36-40-39-35(31(44)29(43)32(50-35)41-18-17-28(42)37-34(41)46)21-49-27-16-15-24-13-7-8-14-25(24)30(27)51-52(47)38-26(19-22-9-3-1-4-10-22)33(45)48-20-23-11-5-2-6-12-23/h1-18,26,29,31-32,43-44H,19-21H2,(H,37,42,46)/t26-,29+,31-,32+,35+/m0/s1. The van der Waals surface area contributed by atoms with Gasteiger partial charge in [0.1, 0.15) is 25.4 Å². The predicted octanol–water partition coefficient (Wildman–Crippen LogP) is 3.62. The summed E-state index contributed by atoms with van der Waals surface area (Å²) in [5.74, 6) is -0.824. The molecule has 52 heavy (non-hydrogen) atoms. The van der Waals surface area contributed by atoms with Gasteiger partial charge in [-0.2, -0.15) is 0 Å². The summed E-state index contributed by atoms with van der Waals surface area (Å²) in [5.41, 5.74) is 6.95. The summed E-state index contributed by atoms with van der Waals surface area (Å²) in [6, 6.07) is 27.9. The number of benzene rings is 4. The van der Waals surface area contributed by atoms with Crippen molar-refractivity contribution < 1.29 is 38.6 Å². The number of hydrogen-bond donors (Lipinski definition) is 3. The number of carbonyl (C=O) groups excluding carboxylic acids is 1. The third-order valence-corrected chi connectivity index (χ3v) is 9.00. The summed E-state index contributed by atoms with van der Waals surface area (Å²) >= 11 is 0. The van der Waals surface area contributed by atoms with Crippen molar-refractivity contribution in [3.05, 3.63) is 152 Å². The second-order valence-corrected chi connectivity index (χ2v) is 12.5. The summed E-state index contributed by atoms with van der Waals surface area (Å²) in [6.45, 7) is -0.748. The number of carbonyl (C=O) groups is 1. The van der Waals surface area contributed by atoms with E-state index in [-0.39, 0.29) is 24.5 Å². The lowest BCUT2D eigenvalue weighted by Crippen LogP contribution is -2.46. The van der Waals surface area contributed by atoms with Gasteiger partial charge >= 0.3 is 19.8 Å². The second-order valence-electron chi connectivity index (χ2n) is 11.6. The summed E-state index contributed by atoms with van der Waals surface area (Å²) in [6.07, 6.45) is -4.18. The summed E-state index contributed by atoms with van der Waals surface area (Å²) in [7, 11) is -2.96. The fourth-order valence-electron chi connectivity index (χ4n) is 5.59. The highest BCUT2D eigenvalue weighted by atomic mass is 31.1. The summed E-state index contributed by atoms with van der Waals surface area (Å²) in [5, 5.41) is 26.5. The average Bonchev–Trinajstić information content (AvgIpc) is 3.39. The van der Waals surface area contributed by atoms with Crippen molar-refractivity contribution in [1.29, 1.82) is 0 Å². The molecule has 266 valence electrons. The van der Waals surface area contributed by atoms with Gasteiger partial charge in [0, 0.05) is 29.0 Å². The fraction of sp³-hybridized carbons (Fsp3) is 0.229. The highest BCUT2D eigenvalue weighted by Crippen LogP contribution is 2.43. The Kier molecular flexibility index (Phi) is 11.1. The number of nitrogens with one attached hydrogen (secondary N) is 1. The minimum Gasteiger partial charge on any atom is -0.575 e. The first-order chi connectivity index (χ1) is 25.2. The normalized spacial score (nSPS) is 20.5. The van der Waals surface area contributed by atoms with Gasteiger partial charge in [-0.15, -0.1) is 0 Å². The molecule has 3 N–H and O–H groups in total. The molecule has 6 rings (SSSR count). The van der Waals surface area contributed by atoms with Gasteiger partial charge in [-0.3, -0.25) is 18.9 Å². The van der Waals surface area contributed by atoms with Crippen molar-refractivity contribution in [2.75, 3.05) is 6.61 Å². The van der Waals surface area contributed by atoms with Crippen LogP contribution in [0.2, 0.25) is 0 Å². The Hall–Kier alpha value is -5.86. The molecule has 1 aliphatic rings. The lowest BCUT2D eigenvalue weighted by Gasteiger charge is -2.27. The van der Waals surface area contributed by atoms with Gasteiger partial charge in [-0.05, 0) is 28.1 Å². The molecule has 0 saturated carbocycles. The first-order valence-corrected chi connectivity index (χ1v) is 17.0. The molecule has 1 fully saturated rings. The quantitative estimate of drug-likeness (QED) is 0.0524. The van der Waals surface area contributed by atoms with Gasteiger partial charge < -0.3 is 29.3 Å². The zero-order valence-corrected chi connectivity index (χ0v) is 28.1. The van der Waals surface area contributed by atoms with Crippen LogP contribution < -0.4 is 25.4 Å². The van der Waals surface area contributed by atoms with Crippen molar-refractivity contribution in [2.24, 2.45) is 9.86 Å². The van der Waals surface area contributed by atoms with E-state index >= 15 is 0 Å². The number of fused-ring (bicyclic) bond motifs is 1. The number of aliphatic hydroxyl groups is 2. The first-order valence-electron chi connectivity index (χ1n) is 15.8. The molecule has 4 aromatic carbocycles. The van der Waals surface area contributed by atoms with Crippen LogP contribution in [0.4, 0.5) is 0 Å². The molecule has 5 aromatic rings. The minimum atomic E-state index is -2.96. The fourth-order valence-corrected chi connectivity index (χ4v) is 6.38. The molecule has 1 aromatic heterocycles. The Morgan fingerprint density at radius 2 is 1.69 bits per heavy atom. The number of nitrogens with zero attached hydrogens (tertiary/aromatic N) is 5. The molecule has 17 heteroatoms. The van der Waals surface area contributed by atoms with E-state index in [2.05, 4.69) is 14.8 Å². The van der Waals surface area contributed by atoms with Gasteiger partial charge in [-0.1, -0.05) is 101 Å². The zero-order chi connectivity index (χ0) is 36.7. The molecule has 2 heterocycles. The molecule has 0 aliphatic carbocycles. The highest BCUT2D eigenvalue weighted by Gasteiger charge is 2.56. The van der Waals surface area contributed by atoms with Crippen LogP contribution in [0.1, 0.15) is 17.4 Å². The second kappa shape index (κ2) is 16.0. The van der Waals surface area contributed by atoms with Crippen molar-refractivity contribution >= 4 is 24.9 Å². The Morgan fingerprint density at radius 1 is 1.00 bits per heavy atom. The number of H-pyrrole nitrogens is 1. The van der Waals surface area contributed by atoms with Gasteiger partial charge in [0.15, 0.2) is 18.0 Å². The smallest absolute Gasteiger partial charge is 0.395 e. The maximum Gasteiger partial charge on any atom is 0.395 e. The van der Waals surface area contributed by atoms with E-state index in [9.17, 15) is 35.0 Å². The lowest BCUT2D eigenvalue weighted by molar-refractivity contribution is -0.170. The van der Waals surface area contributed by atoms with Gasteiger partial charge in [0.05, 0.1) is 0 Å². The van der Waals surface area contributed by atoms with E-state index < -0.39 is 62.2 Å². The number of aliphatic hydroxyl groups excluding tert-OH is 2. The third-order valence-electron chi connectivity index (χ3n) is 8.19. The summed E-state index contributed by atoms with van der Waals surface area (Å²) in [4.78, 5) is 55.7. The van der Waals surface area contributed by atoms with E-state index in [4.69, 9.17) is 18.7 Å². The van der Waals surface area contributed by atoms with Gasteiger partial charge in [0.25, 0.3) is 5.56 Å². The monoisotopic (exact) mass is 726 g/mol. The average molecular weight is 727 g/mol. The first kappa shape index (κ1) is 35.9. The minimum absolute atomic E-state index is 0.0211. The van der Waals surface area contributed by atoms with Crippen LogP contribution >= 0.6 is 8.17 Å². The molecule has 1 aliphatic heterocycles. The molecular weight excluding hydrogens is 695 g/mol. The Balaban J connectivity index is 1.29. The number of ether oxygens (including phenoxy) is 3. The third kappa shape index (κ3) is 8.03. The van der Waals surface area contributed by atoms with Crippen LogP contribution in [0.3, 0.4) is 0 Å². The van der Waals surface area contributed by atoms with Gasteiger partial charge in [-0.25, -0.2) is 9.59 Å². The number of rotatable bonds is 13. The maximum atomic E-state index is 13.6. The van der Waals surface area contributed by atoms with Crippen LogP contribution in [0.5, 0.6) is 11.5 Å². The molecular formula is C35H31N6O10P. The Bertz CT molecular complexity index is 2250. The van der Waals surface area contributed by atoms with E-state index in [1.807, 2.05) is 29.2 Å². The SMILES string of the molecule is [N-]=[N+]=N[C@]1(COc2ccc3ccccc3c2O/[P+]([O-])=N/[C@@H](Cc2ccccc2)C(=O)OCc2ccccc2)O[C@@H](n2ccc(=O)[nH]c2=O)[C@H](O)[C@@H]1O. The Labute approximate surface area is 295 Å². The van der Waals surface area contributed by atoms with Crippen LogP contribution in [-0.4, -0.2) is 56.3 Å². The topological polar surface area (TPSA) is 233 Å². The summed E-state index contributed by atoms with van der Waals surface area (Å²) < 4.78 is 28.2. The van der Waals surface area contributed by atoms with Crippen molar-refractivity contribution in [3.63, 3.8) is 0 Å². The molecule has 1 unspecified atom stereocenters. The molecule has 0 spiro atoms. The molecule has 0 radical (unpaired) electrons.